The molecular formula is C25H27ClN2O3. The summed E-state index contributed by atoms with van der Waals surface area (Å²) in [5.41, 5.74) is 2.95. The minimum atomic E-state index is -0.280. The van der Waals surface area contributed by atoms with Crippen LogP contribution in [0.3, 0.4) is 0 Å². The maximum absolute atomic E-state index is 12.5. The summed E-state index contributed by atoms with van der Waals surface area (Å²) in [6, 6.07) is 16.9. The summed E-state index contributed by atoms with van der Waals surface area (Å²) in [6.07, 6.45) is 3.90. The number of nitrogens with one attached hydrogen (secondary N) is 1. The monoisotopic (exact) mass is 438 g/mol. The molecule has 1 saturated heterocycles. The van der Waals surface area contributed by atoms with Gasteiger partial charge in [-0.1, -0.05) is 30.2 Å². The van der Waals surface area contributed by atoms with Crippen LogP contribution in [0.5, 0.6) is 5.75 Å². The van der Waals surface area contributed by atoms with Gasteiger partial charge in [-0.2, -0.15) is 0 Å². The number of furan rings is 1. The number of piperidine rings is 1. The SMILES string of the molecule is Cc1cc(OCc2ccc(C(=O)Nc3ccc(CN4CCCCC4)cc3)o2)ccc1Cl. The van der Waals surface area contributed by atoms with Crippen LogP contribution in [0.2, 0.25) is 5.02 Å². The van der Waals surface area contributed by atoms with E-state index in [1.165, 1.54) is 37.9 Å². The van der Waals surface area contributed by atoms with Gasteiger partial charge in [-0.3, -0.25) is 9.69 Å². The second-order valence-corrected chi connectivity index (χ2v) is 8.36. The Hall–Kier alpha value is -2.76. The molecule has 1 amide bonds. The molecule has 162 valence electrons. The van der Waals surface area contributed by atoms with Crippen LogP contribution in [0.25, 0.3) is 0 Å². The van der Waals surface area contributed by atoms with Crippen molar-refractivity contribution in [2.24, 2.45) is 0 Å². The van der Waals surface area contributed by atoms with Crippen molar-refractivity contribution < 1.29 is 13.9 Å². The first kappa shape index (κ1) is 21.5. The first-order valence-corrected chi connectivity index (χ1v) is 11.0. The number of nitrogens with zero attached hydrogens (tertiary/aromatic N) is 1. The van der Waals surface area contributed by atoms with Crippen LogP contribution in [0.1, 0.15) is 46.7 Å². The van der Waals surface area contributed by atoms with Crippen molar-refractivity contribution in [1.82, 2.24) is 4.90 Å². The van der Waals surface area contributed by atoms with E-state index in [-0.39, 0.29) is 18.3 Å². The van der Waals surface area contributed by atoms with Crippen LogP contribution in [0.4, 0.5) is 5.69 Å². The quantitative estimate of drug-likeness (QED) is 0.487. The summed E-state index contributed by atoms with van der Waals surface area (Å²) in [6.45, 7) is 5.45. The van der Waals surface area contributed by atoms with Crippen molar-refractivity contribution in [2.45, 2.75) is 39.3 Å². The van der Waals surface area contributed by atoms with Gasteiger partial charge >= 0.3 is 0 Å². The number of carbonyl (C=O) groups excluding carboxylic acids is 1. The lowest BCUT2D eigenvalue weighted by Gasteiger charge is -2.26. The molecule has 5 nitrogen and oxygen atoms in total. The van der Waals surface area contributed by atoms with E-state index in [0.29, 0.717) is 16.5 Å². The zero-order chi connectivity index (χ0) is 21.6. The number of rotatable bonds is 7. The summed E-state index contributed by atoms with van der Waals surface area (Å²) in [5.74, 6) is 1.25. The van der Waals surface area contributed by atoms with Gasteiger partial charge in [-0.05, 0) is 86.4 Å². The molecule has 31 heavy (non-hydrogen) atoms. The maximum Gasteiger partial charge on any atom is 0.291 e. The van der Waals surface area contributed by atoms with Gasteiger partial charge in [-0.25, -0.2) is 0 Å². The number of hydrogen-bond donors (Lipinski definition) is 1. The van der Waals surface area contributed by atoms with Gasteiger partial charge in [0.25, 0.3) is 5.91 Å². The fraction of sp³-hybridized carbons (Fsp3) is 0.320. The zero-order valence-electron chi connectivity index (χ0n) is 17.7. The number of benzene rings is 2. The number of carbonyl (C=O) groups is 1. The highest BCUT2D eigenvalue weighted by atomic mass is 35.5. The number of halogens is 1. The van der Waals surface area contributed by atoms with Gasteiger partial charge in [0.15, 0.2) is 5.76 Å². The molecule has 6 heteroatoms. The Bertz CT molecular complexity index is 1020. The van der Waals surface area contributed by atoms with Crippen LogP contribution < -0.4 is 10.1 Å². The predicted octanol–water partition coefficient (Wildman–Crippen LogP) is 6.06. The second-order valence-electron chi connectivity index (χ2n) is 7.95. The Balaban J connectivity index is 1.29. The van der Waals surface area contributed by atoms with Gasteiger partial charge in [0.2, 0.25) is 0 Å². The number of likely N-dealkylation sites (tertiary alicyclic amines) is 1. The molecule has 0 aliphatic carbocycles. The molecule has 3 aromatic rings. The average molecular weight is 439 g/mol. The average Bonchev–Trinajstić information content (AvgIpc) is 3.26. The molecule has 0 saturated carbocycles. The normalized spacial score (nSPS) is 14.4. The molecule has 1 N–H and O–H groups in total. The third kappa shape index (κ3) is 5.90. The lowest BCUT2D eigenvalue weighted by atomic mass is 10.1. The van der Waals surface area contributed by atoms with Crippen molar-refractivity contribution in [1.29, 1.82) is 0 Å². The molecule has 1 aliphatic rings. The predicted molar refractivity (Wildman–Crippen MR) is 123 cm³/mol. The van der Waals surface area contributed by atoms with Crippen molar-refractivity contribution in [3.05, 3.63) is 82.3 Å². The Kier molecular flexibility index (Phi) is 6.95. The van der Waals surface area contributed by atoms with Crippen LogP contribution in [0, 0.1) is 6.92 Å². The minimum absolute atomic E-state index is 0.236. The van der Waals surface area contributed by atoms with Gasteiger partial charge < -0.3 is 14.5 Å². The standard InChI is InChI=1S/C25H27ClN2O3/c1-18-15-21(9-11-23(18)26)30-17-22-10-12-24(31-22)25(29)27-20-7-5-19(6-8-20)16-28-13-3-2-4-14-28/h5-12,15H,2-4,13-14,16-17H2,1H3,(H,27,29). The number of aryl methyl sites for hydroxylation is 1. The van der Waals surface area contributed by atoms with Gasteiger partial charge in [-0.15, -0.1) is 0 Å². The highest BCUT2D eigenvalue weighted by Gasteiger charge is 2.13. The highest BCUT2D eigenvalue weighted by molar-refractivity contribution is 6.31. The van der Waals surface area contributed by atoms with Crippen LogP contribution in [-0.4, -0.2) is 23.9 Å². The van der Waals surface area contributed by atoms with Crippen molar-refractivity contribution in [2.75, 3.05) is 18.4 Å². The molecule has 2 aromatic carbocycles. The molecule has 4 rings (SSSR count). The summed E-state index contributed by atoms with van der Waals surface area (Å²) in [7, 11) is 0. The van der Waals surface area contributed by atoms with Crippen molar-refractivity contribution >= 4 is 23.2 Å². The Morgan fingerprint density at radius 1 is 1.06 bits per heavy atom. The van der Waals surface area contributed by atoms with Gasteiger partial charge in [0.05, 0.1) is 0 Å². The molecule has 1 aromatic heterocycles. The molecule has 1 fully saturated rings. The van der Waals surface area contributed by atoms with Crippen LogP contribution >= 0.6 is 11.6 Å². The molecule has 0 atom stereocenters. The van der Waals surface area contributed by atoms with Crippen molar-refractivity contribution in [3.63, 3.8) is 0 Å². The van der Waals surface area contributed by atoms with E-state index in [1.807, 2.05) is 25.1 Å². The molecule has 1 aliphatic heterocycles. The molecule has 2 heterocycles. The first-order valence-electron chi connectivity index (χ1n) is 10.7. The van der Waals surface area contributed by atoms with E-state index in [9.17, 15) is 4.79 Å². The Morgan fingerprint density at radius 2 is 1.84 bits per heavy atom. The van der Waals surface area contributed by atoms with E-state index in [4.69, 9.17) is 20.8 Å². The second kappa shape index (κ2) is 10.0. The summed E-state index contributed by atoms with van der Waals surface area (Å²) in [4.78, 5) is 15.0. The molecule has 0 spiro atoms. The highest BCUT2D eigenvalue weighted by Crippen LogP contribution is 2.22. The minimum Gasteiger partial charge on any atom is -0.486 e. The summed E-state index contributed by atoms with van der Waals surface area (Å²) < 4.78 is 11.4. The maximum atomic E-state index is 12.5. The smallest absolute Gasteiger partial charge is 0.291 e. The first-order chi connectivity index (χ1) is 15.1. The van der Waals surface area contributed by atoms with E-state index in [2.05, 4.69) is 22.3 Å². The molecule has 0 bridgehead atoms. The topological polar surface area (TPSA) is 54.7 Å². The molecule has 0 radical (unpaired) electrons. The summed E-state index contributed by atoms with van der Waals surface area (Å²) >= 11 is 6.03. The number of ether oxygens (including phenoxy) is 1. The summed E-state index contributed by atoms with van der Waals surface area (Å²) in [5, 5.41) is 3.59. The molecular weight excluding hydrogens is 412 g/mol. The third-order valence-electron chi connectivity index (χ3n) is 5.46. The largest absolute Gasteiger partial charge is 0.486 e. The van der Waals surface area contributed by atoms with E-state index in [1.54, 1.807) is 24.3 Å². The number of anilines is 1. The van der Waals surface area contributed by atoms with Crippen molar-refractivity contribution in [3.8, 4) is 5.75 Å². The fourth-order valence-electron chi connectivity index (χ4n) is 3.70. The third-order valence-corrected chi connectivity index (χ3v) is 5.89. The Morgan fingerprint density at radius 3 is 2.58 bits per heavy atom. The number of hydrogen-bond acceptors (Lipinski definition) is 4. The van der Waals surface area contributed by atoms with Gasteiger partial charge in [0.1, 0.15) is 18.1 Å². The van der Waals surface area contributed by atoms with E-state index >= 15 is 0 Å². The Labute approximate surface area is 188 Å². The van der Waals surface area contributed by atoms with E-state index < -0.39 is 0 Å². The lowest BCUT2D eigenvalue weighted by molar-refractivity contribution is 0.0992. The van der Waals surface area contributed by atoms with Crippen LogP contribution in [0.15, 0.2) is 59.0 Å². The fourth-order valence-corrected chi connectivity index (χ4v) is 3.82. The van der Waals surface area contributed by atoms with Crippen LogP contribution in [-0.2, 0) is 13.2 Å². The van der Waals surface area contributed by atoms with E-state index in [0.717, 1.165) is 17.8 Å². The lowest BCUT2D eigenvalue weighted by Crippen LogP contribution is -2.29. The number of amides is 1. The zero-order valence-corrected chi connectivity index (χ0v) is 18.5. The van der Waals surface area contributed by atoms with Gasteiger partial charge in [0, 0.05) is 17.3 Å². The molecule has 0 unspecified atom stereocenters.